The van der Waals surface area contributed by atoms with Crippen LogP contribution >= 0.6 is 11.6 Å². The molecule has 2 aromatic rings. The molecule has 0 aliphatic carbocycles. The highest BCUT2D eigenvalue weighted by Crippen LogP contribution is 2.16. The summed E-state index contributed by atoms with van der Waals surface area (Å²) in [4.78, 5) is 24.6. The zero-order valence-corrected chi connectivity index (χ0v) is 14.4. The van der Waals surface area contributed by atoms with Crippen LogP contribution in [0.3, 0.4) is 0 Å². The molecule has 4 nitrogen and oxygen atoms in total. The maximum Gasteiger partial charge on any atom is 0.257 e. The first kappa shape index (κ1) is 18.9. The number of carbonyl (C=O) groups excluding carboxylic acids is 2. The van der Waals surface area contributed by atoms with Gasteiger partial charge in [0.05, 0.1) is 0 Å². The van der Waals surface area contributed by atoms with E-state index in [1.165, 1.54) is 0 Å². The summed E-state index contributed by atoms with van der Waals surface area (Å²) in [5.41, 5.74) is -0.223. The summed E-state index contributed by atoms with van der Waals surface area (Å²) in [7, 11) is 0. The Hall–Kier alpha value is -2.47. The van der Waals surface area contributed by atoms with Crippen LogP contribution in [-0.4, -0.2) is 17.9 Å². The summed E-state index contributed by atoms with van der Waals surface area (Å²) >= 11 is 5.79. The number of halogens is 3. The highest BCUT2D eigenvalue weighted by atomic mass is 35.5. The number of carbonyl (C=O) groups is 2. The summed E-state index contributed by atoms with van der Waals surface area (Å²) in [6.45, 7) is 3.42. The van der Waals surface area contributed by atoms with Gasteiger partial charge < -0.3 is 10.6 Å². The average Bonchev–Trinajstić information content (AvgIpc) is 2.54. The van der Waals surface area contributed by atoms with Crippen molar-refractivity contribution in [3.05, 3.63) is 64.7 Å². The Morgan fingerprint density at radius 3 is 2.08 bits per heavy atom. The van der Waals surface area contributed by atoms with Crippen LogP contribution in [-0.2, 0) is 4.79 Å². The van der Waals surface area contributed by atoms with E-state index in [0.717, 1.165) is 18.2 Å². The van der Waals surface area contributed by atoms with E-state index in [2.05, 4.69) is 10.6 Å². The van der Waals surface area contributed by atoms with Crippen molar-refractivity contribution in [3.63, 3.8) is 0 Å². The summed E-state index contributed by atoms with van der Waals surface area (Å²) in [6, 6.07) is 8.58. The monoisotopic (exact) mass is 366 g/mol. The number of benzene rings is 2. The van der Waals surface area contributed by atoms with Crippen LogP contribution in [0.25, 0.3) is 0 Å². The lowest BCUT2D eigenvalue weighted by atomic mass is 10.0. The predicted octanol–water partition coefficient (Wildman–Crippen LogP) is 4.01. The summed E-state index contributed by atoms with van der Waals surface area (Å²) in [6.07, 6.45) is 0. The number of rotatable bonds is 5. The van der Waals surface area contributed by atoms with Gasteiger partial charge in [0.1, 0.15) is 23.2 Å². The quantitative estimate of drug-likeness (QED) is 0.840. The van der Waals surface area contributed by atoms with Crippen molar-refractivity contribution in [2.75, 3.05) is 5.32 Å². The minimum absolute atomic E-state index is 0.300. The van der Waals surface area contributed by atoms with Crippen molar-refractivity contribution in [1.29, 1.82) is 0 Å². The van der Waals surface area contributed by atoms with E-state index in [1.807, 2.05) is 0 Å². The molecule has 0 heterocycles. The molecule has 2 aromatic carbocycles. The molecule has 0 aromatic heterocycles. The Balaban J connectivity index is 2.16. The van der Waals surface area contributed by atoms with Crippen LogP contribution < -0.4 is 10.6 Å². The van der Waals surface area contributed by atoms with E-state index in [4.69, 9.17) is 11.6 Å². The zero-order valence-electron chi connectivity index (χ0n) is 13.6. The van der Waals surface area contributed by atoms with Crippen LogP contribution in [0.2, 0.25) is 5.02 Å². The van der Waals surface area contributed by atoms with Crippen LogP contribution in [0.15, 0.2) is 42.5 Å². The lowest BCUT2D eigenvalue weighted by Gasteiger charge is -2.22. The molecule has 0 unspecified atom stereocenters. The van der Waals surface area contributed by atoms with Gasteiger partial charge in [-0.2, -0.15) is 0 Å². The molecule has 0 saturated heterocycles. The number of nitrogens with one attached hydrogen (secondary N) is 2. The van der Waals surface area contributed by atoms with Crippen LogP contribution in [0.4, 0.5) is 14.5 Å². The van der Waals surface area contributed by atoms with Crippen LogP contribution in [0, 0.1) is 17.6 Å². The van der Waals surface area contributed by atoms with Crippen LogP contribution in [0.5, 0.6) is 0 Å². The van der Waals surface area contributed by atoms with Gasteiger partial charge in [-0.15, -0.1) is 0 Å². The number of hydrogen-bond donors (Lipinski definition) is 2. The minimum atomic E-state index is -0.988. The van der Waals surface area contributed by atoms with E-state index in [9.17, 15) is 18.4 Å². The average molecular weight is 367 g/mol. The standard InChI is InChI=1S/C18H17ClF2N2O2/c1-10(2)16(18(25)22-12-8-6-11(19)7-9-12)23-17(24)15-13(20)4-3-5-14(15)21/h3-10,16H,1-2H3,(H,22,25)(H,23,24)/t16-/m1/s1. The van der Waals surface area contributed by atoms with Crippen molar-refractivity contribution in [1.82, 2.24) is 5.32 Å². The summed E-state index contributed by atoms with van der Waals surface area (Å²) < 4.78 is 27.4. The third-order valence-electron chi connectivity index (χ3n) is 3.54. The van der Waals surface area contributed by atoms with E-state index in [-0.39, 0.29) is 5.92 Å². The third-order valence-corrected chi connectivity index (χ3v) is 3.79. The smallest absolute Gasteiger partial charge is 0.257 e. The Kier molecular flexibility index (Phi) is 6.09. The lowest BCUT2D eigenvalue weighted by molar-refractivity contribution is -0.118. The Morgan fingerprint density at radius 2 is 1.56 bits per heavy atom. The molecule has 7 heteroatoms. The summed E-state index contributed by atoms with van der Waals surface area (Å²) in [5.74, 6) is -3.76. The van der Waals surface area contributed by atoms with Gasteiger partial charge in [0.2, 0.25) is 5.91 Å². The maximum absolute atomic E-state index is 13.7. The van der Waals surface area contributed by atoms with E-state index in [0.29, 0.717) is 10.7 Å². The van der Waals surface area contributed by atoms with Crippen molar-refractivity contribution in [2.45, 2.75) is 19.9 Å². The molecule has 2 N–H and O–H groups in total. The lowest BCUT2D eigenvalue weighted by Crippen LogP contribution is -2.47. The van der Waals surface area contributed by atoms with Crippen molar-refractivity contribution >= 4 is 29.1 Å². The second-order valence-electron chi connectivity index (χ2n) is 5.79. The second-order valence-corrected chi connectivity index (χ2v) is 6.22. The first-order chi connectivity index (χ1) is 11.8. The molecule has 0 spiro atoms. The fourth-order valence-electron chi connectivity index (χ4n) is 2.22. The largest absolute Gasteiger partial charge is 0.340 e. The van der Waals surface area contributed by atoms with Gasteiger partial charge in [0.25, 0.3) is 5.91 Å². The minimum Gasteiger partial charge on any atom is -0.340 e. The Morgan fingerprint density at radius 1 is 1.00 bits per heavy atom. The van der Waals surface area contributed by atoms with Gasteiger partial charge in [0.15, 0.2) is 0 Å². The Labute approximate surface area is 149 Å². The molecule has 1 atom stereocenters. The van der Waals surface area contributed by atoms with Gasteiger partial charge in [-0.05, 0) is 42.3 Å². The molecule has 0 saturated carbocycles. The Bertz CT molecular complexity index is 759. The third kappa shape index (κ3) is 4.76. The molecule has 2 amide bonds. The molecule has 25 heavy (non-hydrogen) atoms. The summed E-state index contributed by atoms with van der Waals surface area (Å²) in [5, 5.41) is 5.54. The second kappa shape index (κ2) is 8.07. The van der Waals surface area contributed by atoms with Gasteiger partial charge in [-0.1, -0.05) is 31.5 Å². The van der Waals surface area contributed by atoms with Gasteiger partial charge in [0, 0.05) is 10.7 Å². The van der Waals surface area contributed by atoms with Crippen molar-refractivity contribution in [2.24, 2.45) is 5.92 Å². The number of amides is 2. The highest BCUT2D eigenvalue weighted by molar-refractivity contribution is 6.30. The fraction of sp³-hybridized carbons (Fsp3) is 0.222. The van der Waals surface area contributed by atoms with E-state index >= 15 is 0 Å². The van der Waals surface area contributed by atoms with E-state index in [1.54, 1.807) is 38.1 Å². The highest BCUT2D eigenvalue weighted by Gasteiger charge is 2.27. The molecule has 0 bridgehead atoms. The molecule has 0 aliphatic rings. The fourth-order valence-corrected chi connectivity index (χ4v) is 2.34. The zero-order chi connectivity index (χ0) is 18.6. The molecule has 2 rings (SSSR count). The van der Waals surface area contributed by atoms with Gasteiger partial charge in [-0.3, -0.25) is 9.59 Å². The van der Waals surface area contributed by atoms with Crippen molar-refractivity contribution < 1.29 is 18.4 Å². The molecule has 0 aliphatic heterocycles. The normalized spacial score (nSPS) is 11.9. The SMILES string of the molecule is CC(C)[C@@H](NC(=O)c1c(F)cccc1F)C(=O)Nc1ccc(Cl)cc1. The number of hydrogen-bond acceptors (Lipinski definition) is 2. The maximum atomic E-state index is 13.7. The molecule has 0 fully saturated rings. The first-order valence-corrected chi connectivity index (χ1v) is 7.98. The number of anilines is 1. The van der Waals surface area contributed by atoms with Gasteiger partial charge >= 0.3 is 0 Å². The van der Waals surface area contributed by atoms with Crippen molar-refractivity contribution in [3.8, 4) is 0 Å². The molecule has 0 radical (unpaired) electrons. The van der Waals surface area contributed by atoms with E-state index < -0.39 is 35.1 Å². The molecular weight excluding hydrogens is 350 g/mol. The van der Waals surface area contributed by atoms with Gasteiger partial charge in [-0.25, -0.2) is 8.78 Å². The van der Waals surface area contributed by atoms with Crippen LogP contribution in [0.1, 0.15) is 24.2 Å². The molecule has 132 valence electrons. The predicted molar refractivity (Wildman–Crippen MR) is 92.5 cm³/mol. The topological polar surface area (TPSA) is 58.2 Å². The first-order valence-electron chi connectivity index (χ1n) is 7.61. The molecular formula is C18H17ClF2N2O2.